The van der Waals surface area contributed by atoms with Gasteiger partial charge in [-0.25, -0.2) is 8.78 Å². The maximum atomic E-state index is 14.0. The van der Waals surface area contributed by atoms with Crippen LogP contribution in [0.25, 0.3) is 0 Å². The van der Waals surface area contributed by atoms with Crippen LogP contribution < -0.4 is 0 Å². The van der Waals surface area contributed by atoms with Gasteiger partial charge in [-0.1, -0.05) is 12.1 Å². The van der Waals surface area contributed by atoms with E-state index in [0.717, 1.165) is 12.1 Å². The first kappa shape index (κ1) is 15.1. The third-order valence-electron chi connectivity index (χ3n) is 3.40. The average Bonchev–Trinajstić information content (AvgIpc) is 2.49. The van der Waals surface area contributed by atoms with E-state index in [0.29, 0.717) is 5.56 Å². The van der Waals surface area contributed by atoms with Crippen LogP contribution in [0.15, 0.2) is 42.7 Å². The largest absolute Gasteiger partial charge is 0.396 e. The van der Waals surface area contributed by atoms with Crippen LogP contribution in [0.2, 0.25) is 0 Å². The molecular formula is C16H14F2N2O. The number of benzene rings is 1. The predicted molar refractivity (Wildman–Crippen MR) is 73.4 cm³/mol. The molecule has 1 N–H and O–H groups in total. The lowest BCUT2D eigenvalue weighted by Gasteiger charge is -2.22. The quantitative estimate of drug-likeness (QED) is 0.919. The summed E-state index contributed by atoms with van der Waals surface area (Å²) >= 11 is 0. The Morgan fingerprint density at radius 1 is 1.19 bits per heavy atom. The smallest absolute Gasteiger partial charge is 0.129 e. The second kappa shape index (κ2) is 6.91. The van der Waals surface area contributed by atoms with Crippen LogP contribution >= 0.6 is 0 Å². The lowest BCUT2D eigenvalue weighted by atomic mass is 9.80. The fraction of sp³-hybridized carbons (Fsp3) is 0.250. The summed E-state index contributed by atoms with van der Waals surface area (Å²) in [6.07, 6.45) is 3.14. The van der Waals surface area contributed by atoms with E-state index in [1.807, 2.05) is 0 Å². The number of nitriles is 1. The number of hydrogen-bond donors (Lipinski definition) is 1. The van der Waals surface area contributed by atoms with Crippen molar-refractivity contribution in [2.45, 2.75) is 18.3 Å². The lowest BCUT2D eigenvalue weighted by molar-refractivity contribution is 0.269. The van der Waals surface area contributed by atoms with E-state index in [1.54, 1.807) is 18.3 Å². The molecule has 21 heavy (non-hydrogen) atoms. The molecule has 0 aliphatic rings. The molecule has 3 nitrogen and oxygen atoms in total. The molecular weight excluding hydrogens is 274 g/mol. The predicted octanol–water partition coefficient (Wildman–Crippen LogP) is 3.13. The molecule has 2 aromatic rings. The number of rotatable bonds is 5. The highest BCUT2D eigenvalue weighted by molar-refractivity contribution is 5.33. The zero-order chi connectivity index (χ0) is 15.2. The van der Waals surface area contributed by atoms with Crippen LogP contribution in [0, 0.1) is 23.0 Å². The highest BCUT2D eigenvalue weighted by atomic mass is 19.1. The Labute approximate surface area is 121 Å². The van der Waals surface area contributed by atoms with Gasteiger partial charge in [0.2, 0.25) is 0 Å². The third-order valence-corrected chi connectivity index (χ3v) is 3.40. The van der Waals surface area contributed by atoms with Crippen LogP contribution in [0.4, 0.5) is 8.78 Å². The summed E-state index contributed by atoms with van der Waals surface area (Å²) in [6, 6.07) is 9.00. The number of aromatic nitrogens is 1. The van der Waals surface area contributed by atoms with Crippen molar-refractivity contribution in [3.05, 3.63) is 65.5 Å². The van der Waals surface area contributed by atoms with E-state index in [9.17, 15) is 19.1 Å². The molecule has 2 rings (SSSR count). The van der Waals surface area contributed by atoms with Gasteiger partial charge in [0.25, 0.3) is 0 Å². The molecule has 0 aliphatic heterocycles. The second-order valence-electron chi connectivity index (χ2n) is 4.65. The Morgan fingerprint density at radius 2 is 1.90 bits per heavy atom. The molecule has 0 saturated carbocycles. The molecule has 1 aromatic heterocycles. The lowest BCUT2D eigenvalue weighted by Crippen LogP contribution is -2.15. The maximum Gasteiger partial charge on any atom is 0.129 e. The van der Waals surface area contributed by atoms with Crippen molar-refractivity contribution in [1.29, 1.82) is 5.26 Å². The van der Waals surface area contributed by atoms with Gasteiger partial charge in [0, 0.05) is 30.5 Å². The molecule has 0 unspecified atom stereocenters. The van der Waals surface area contributed by atoms with Crippen LogP contribution in [-0.2, 0) is 0 Å². The van der Waals surface area contributed by atoms with Crippen LogP contribution in [0.5, 0.6) is 0 Å². The maximum absolute atomic E-state index is 14.0. The summed E-state index contributed by atoms with van der Waals surface area (Å²) in [5, 5.41) is 18.6. The summed E-state index contributed by atoms with van der Waals surface area (Å²) in [6.45, 7) is -0.267. The van der Waals surface area contributed by atoms with E-state index in [2.05, 4.69) is 11.1 Å². The fourth-order valence-corrected chi connectivity index (χ4v) is 2.44. The molecule has 0 saturated heterocycles. The minimum atomic E-state index is -0.780. The van der Waals surface area contributed by atoms with Gasteiger partial charge in [-0.2, -0.15) is 5.26 Å². The molecule has 2 atom stereocenters. The Hall–Kier alpha value is -2.32. The van der Waals surface area contributed by atoms with Crippen LogP contribution in [-0.4, -0.2) is 16.7 Å². The van der Waals surface area contributed by atoms with Crippen molar-refractivity contribution in [3.8, 4) is 6.07 Å². The first-order chi connectivity index (χ1) is 10.2. The highest BCUT2D eigenvalue weighted by Gasteiger charge is 2.29. The minimum absolute atomic E-state index is 0.0883. The SMILES string of the molecule is N#C[C@@H](c1cccnc1)[C@H](CCO)c1c(F)cccc1F. The van der Waals surface area contributed by atoms with Crippen LogP contribution in [0.1, 0.15) is 29.4 Å². The topological polar surface area (TPSA) is 56.9 Å². The Kier molecular flexibility index (Phi) is 4.96. The van der Waals surface area contributed by atoms with Gasteiger partial charge in [0.05, 0.1) is 12.0 Å². The molecule has 0 spiro atoms. The highest BCUT2D eigenvalue weighted by Crippen LogP contribution is 2.37. The molecule has 0 aliphatic carbocycles. The molecule has 1 heterocycles. The average molecular weight is 288 g/mol. The van der Waals surface area contributed by atoms with Gasteiger partial charge in [0.1, 0.15) is 11.6 Å². The molecule has 5 heteroatoms. The van der Waals surface area contributed by atoms with Crippen LogP contribution in [0.3, 0.4) is 0 Å². The molecule has 0 amide bonds. The summed E-state index contributed by atoms with van der Waals surface area (Å²) in [5.41, 5.74) is 0.406. The van der Waals surface area contributed by atoms with Gasteiger partial charge >= 0.3 is 0 Å². The number of nitrogens with zero attached hydrogens (tertiary/aromatic N) is 2. The Balaban J connectivity index is 2.50. The van der Waals surface area contributed by atoms with Gasteiger partial charge in [-0.05, 0) is 30.2 Å². The number of aliphatic hydroxyl groups is 1. The second-order valence-corrected chi connectivity index (χ2v) is 4.65. The van der Waals surface area contributed by atoms with E-state index in [4.69, 9.17) is 0 Å². The van der Waals surface area contributed by atoms with Crippen molar-refractivity contribution in [1.82, 2.24) is 4.98 Å². The standard InChI is InChI=1S/C16H14F2N2O/c17-14-4-1-5-15(18)16(14)12(6-8-21)13(9-19)11-3-2-7-20-10-11/h1-5,7,10,12-13,21H,6,8H2/t12-,13-/m0/s1. The van der Waals surface area contributed by atoms with Gasteiger partial charge in [-0.3, -0.25) is 4.98 Å². The Bertz CT molecular complexity index is 620. The first-order valence-electron chi connectivity index (χ1n) is 6.53. The molecule has 0 bridgehead atoms. The van der Waals surface area contributed by atoms with E-state index in [1.165, 1.54) is 12.3 Å². The molecule has 108 valence electrons. The normalized spacial score (nSPS) is 13.4. The van der Waals surface area contributed by atoms with Crippen molar-refractivity contribution >= 4 is 0 Å². The zero-order valence-corrected chi connectivity index (χ0v) is 11.2. The van der Waals surface area contributed by atoms with E-state index in [-0.39, 0.29) is 18.6 Å². The van der Waals surface area contributed by atoms with Gasteiger partial charge in [0.15, 0.2) is 0 Å². The third kappa shape index (κ3) is 3.23. The van der Waals surface area contributed by atoms with Crippen molar-refractivity contribution in [2.24, 2.45) is 0 Å². The molecule has 0 radical (unpaired) electrons. The van der Waals surface area contributed by atoms with Gasteiger partial charge in [-0.15, -0.1) is 0 Å². The number of pyridine rings is 1. The summed E-state index contributed by atoms with van der Waals surface area (Å²) < 4.78 is 28.0. The van der Waals surface area contributed by atoms with Crippen molar-refractivity contribution in [3.63, 3.8) is 0 Å². The summed E-state index contributed by atoms with van der Waals surface area (Å²) in [4.78, 5) is 3.93. The van der Waals surface area contributed by atoms with Crippen molar-refractivity contribution < 1.29 is 13.9 Å². The molecule has 1 aromatic carbocycles. The van der Waals surface area contributed by atoms with Crippen molar-refractivity contribution in [2.75, 3.05) is 6.61 Å². The number of halogens is 2. The summed E-state index contributed by atoms with van der Waals surface area (Å²) in [7, 11) is 0. The van der Waals surface area contributed by atoms with Gasteiger partial charge < -0.3 is 5.11 Å². The van der Waals surface area contributed by atoms with E-state index < -0.39 is 23.5 Å². The Morgan fingerprint density at radius 3 is 2.43 bits per heavy atom. The molecule has 0 fully saturated rings. The number of aliphatic hydroxyl groups excluding tert-OH is 1. The minimum Gasteiger partial charge on any atom is -0.396 e. The fourth-order valence-electron chi connectivity index (χ4n) is 2.44. The number of hydrogen-bond acceptors (Lipinski definition) is 3. The monoisotopic (exact) mass is 288 g/mol. The summed E-state index contributed by atoms with van der Waals surface area (Å²) in [5.74, 6) is -2.97. The zero-order valence-electron chi connectivity index (χ0n) is 11.2. The first-order valence-corrected chi connectivity index (χ1v) is 6.53. The van der Waals surface area contributed by atoms with E-state index >= 15 is 0 Å².